The monoisotopic (exact) mass is 435 g/mol. The minimum Gasteiger partial charge on any atom is -0.354 e. The molecule has 0 unspecified atom stereocenters. The third-order valence-electron chi connectivity index (χ3n) is 4.69. The molecule has 29 heavy (non-hydrogen) atoms. The van der Waals surface area contributed by atoms with E-state index in [1.54, 1.807) is 0 Å². The van der Waals surface area contributed by atoms with Crippen LogP contribution in [0.3, 0.4) is 0 Å². The van der Waals surface area contributed by atoms with Crippen molar-refractivity contribution in [2.45, 2.75) is 48.6 Å². The van der Waals surface area contributed by atoms with Gasteiger partial charge in [0, 0.05) is 17.6 Å². The van der Waals surface area contributed by atoms with Crippen LogP contribution < -0.4 is 10.9 Å². The van der Waals surface area contributed by atoms with Crippen molar-refractivity contribution >= 4 is 27.3 Å². The molecule has 1 aliphatic carbocycles. The molecule has 1 aromatic carbocycles. The lowest BCUT2D eigenvalue weighted by molar-refractivity contribution is -0.121. The summed E-state index contributed by atoms with van der Waals surface area (Å²) >= 11 is 5.80. The summed E-state index contributed by atoms with van der Waals surface area (Å²) < 4.78 is 26.3. The molecule has 0 fully saturated rings. The summed E-state index contributed by atoms with van der Waals surface area (Å²) in [5, 5.41) is 6.75. The lowest BCUT2D eigenvalue weighted by Crippen LogP contribution is -2.34. The first-order valence-electron chi connectivity index (χ1n) is 9.40. The number of carbonyl (C=O) groups excluding carboxylic acids is 1. The number of allylic oxidation sites excluding steroid dienone is 1. The Bertz CT molecular complexity index is 1080. The summed E-state index contributed by atoms with van der Waals surface area (Å²) in [4.78, 5) is 24.2. The second-order valence-electron chi connectivity index (χ2n) is 6.83. The summed E-state index contributed by atoms with van der Waals surface area (Å²) in [6.07, 6.45) is 7.51. The van der Waals surface area contributed by atoms with Crippen LogP contribution in [0.5, 0.6) is 0 Å². The van der Waals surface area contributed by atoms with Crippen LogP contribution in [0.15, 0.2) is 62.8 Å². The Balaban J connectivity index is 1.68. The van der Waals surface area contributed by atoms with Crippen molar-refractivity contribution in [3.8, 4) is 0 Å². The van der Waals surface area contributed by atoms with E-state index in [0.29, 0.717) is 11.6 Å². The molecule has 3 rings (SSSR count). The second kappa shape index (κ2) is 9.37. The molecule has 0 bridgehead atoms. The third-order valence-corrected chi connectivity index (χ3v) is 6.60. The summed E-state index contributed by atoms with van der Waals surface area (Å²) in [5.74, 6) is -0.392. The van der Waals surface area contributed by atoms with Gasteiger partial charge in [-0.05, 0) is 62.4 Å². The number of hydrogen-bond donors (Lipinski definition) is 1. The molecule has 9 heteroatoms. The van der Waals surface area contributed by atoms with E-state index in [4.69, 9.17) is 11.6 Å². The minimum atomic E-state index is -3.93. The zero-order valence-electron chi connectivity index (χ0n) is 15.8. The zero-order chi connectivity index (χ0) is 20.9. The first-order chi connectivity index (χ1) is 13.9. The molecule has 154 valence electrons. The summed E-state index contributed by atoms with van der Waals surface area (Å²) in [7, 11) is -3.93. The highest BCUT2D eigenvalue weighted by Gasteiger charge is 2.21. The summed E-state index contributed by atoms with van der Waals surface area (Å²) in [6.45, 7) is 0.129. The topological polar surface area (TPSA) is 98.1 Å². The predicted molar refractivity (Wildman–Crippen MR) is 110 cm³/mol. The van der Waals surface area contributed by atoms with Crippen molar-refractivity contribution in [2.75, 3.05) is 6.54 Å². The van der Waals surface area contributed by atoms with Gasteiger partial charge >= 0.3 is 0 Å². The van der Waals surface area contributed by atoms with Crippen molar-refractivity contribution in [3.05, 3.63) is 63.4 Å². The van der Waals surface area contributed by atoms with Crippen molar-refractivity contribution in [1.29, 1.82) is 0 Å². The molecule has 1 aromatic heterocycles. The number of aromatic nitrogens is 2. The van der Waals surface area contributed by atoms with Gasteiger partial charge in [-0.3, -0.25) is 9.59 Å². The van der Waals surface area contributed by atoms with E-state index in [1.807, 2.05) is 0 Å². The Hall–Kier alpha value is -2.45. The molecule has 1 aliphatic rings. The molecule has 2 aromatic rings. The SMILES string of the molecule is O=C(Cn1nc(S(=O)(=O)c2ccc(Cl)cc2)ccc1=O)NCCC1=CCCCC1. The Morgan fingerprint density at radius 1 is 1.14 bits per heavy atom. The van der Waals surface area contributed by atoms with E-state index in [9.17, 15) is 18.0 Å². The molecule has 0 atom stereocenters. The maximum Gasteiger partial charge on any atom is 0.267 e. The zero-order valence-corrected chi connectivity index (χ0v) is 17.4. The van der Waals surface area contributed by atoms with Crippen LogP contribution in [0.4, 0.5) is 0 Å². The van der Waals surface area contributed by atoms with Gasteiger partial charge in [0.05, 0.1) is 4.90 Å². The van der Waals surface area contributed by atoms with Gasteiger partial charge in [0.15, 0.2) is 5.03 Å². The van der Waals surface area contributed by atoms with E-state index in [-0.39, 0.29) is 16.5 Å². The Morgan fingerprint density at radius 3 is 2.59 bits per heavy atom. The maximum atomic E-state index is 12.7. The minimum absolute atomic E-state index is 0.00445. The fourth-order valence-electron chi connectivity index (χ4n) is 3.11. The van der Waals surface area contributed by atoms with Crippen molar-refractivity contribution < 1.29 is 13.2 Å². The fourth-order valence-corrected chi connectivity index (χ4v) is 4.42. The number of carbonyl (C=O) groups is 1. The van der Waals surface area contributed by atoms with Crippen molar-refractivity contribution in [3.63, 3.8) is 0 Å². The van der Waals surface area contributed by atoms with Crippen LogP contribution in [0.25, 0.3) is 0 Å². The third kappa shape index (κ3) is 5.55. The van der Waals surface area contributed by atoms with Crippen LogP contribution in [0.1, 0.15) is 32.1 Å². The van der Waals surface area contributed by atoms with E-state index >= 15 is 0 Å². The molecule has 1 N–H and O–H groups in total. The first kappa shape index (κ1) is 21.3. The average Bonchev–Trinajstić information content (AvgIpc) is 2.70. The van der Waals surface area contributed by atoms with Gasteiger partial charge < -0.3 is 5.32 Å². The lowest BCUT2D eigenvalue weighted by atomic mass is 9.97. The van der Waals surface area contributed by atoms with Crippen molar-refractivity contribution in [2.24, 2.45) is 0 Å². The number of hydrogen-bond acceptors (Lipinski definition) is 5. The highest BCUT2D eigenvalue weighted by molar-refractivity contribution is 7.91. The molecule has 1 amide bonds. The highest BCUT2D eigenvalue weighted by Crippen LogP contribution is 2.20. The van der Waals surface area contributed by atoms with Gasteiger partial charge in [-0.1, -0.05) is 23.3 Å². The van der Waals surface area contributed by atoms with Gasteiger partial charge in [-0.2, -0.15) is 5.10 Å². The van der Waals surface area contributed by atoms with E-state index in [1.165, 1.54) is 42.7 Å². The first-order valence-corrected chi connectivity index (χ1v) is 11.3. The highest BCUT2D eigenvalue weighted by atomic mass is 35.5. The van der Waals surface area contributed by atoms with Gasteiger partial charge in [0.1, 0.15) is 6.54 Å². The van der Waals surface area contributed by atoms with Gasteiger partial charge in [-0.15, -0.1) is 0 Å². The number of benzene rings is 1. The number of nitrogens with zero attached hydrogens (tertiary/aromatic N) is 2. The molecular formula is C20H22ClN3O4S. The number of nitrogens with one attached hydrogen (secondary N) is 1. The molecule has 7 nitrogen and oxygen atoms in total. The quantitative estimate of drug-likeness (QED) is 0.674. The van der Waals surface area contributed by atoms with E-state index < -0.39 is 21.3 Å². The Labute approximate surface area is 174 Å². The molecule has 0 radical (unpaired) electrons. The Morgan fingerprint density at radius 2 is 1.90 bits per heavy atom. The van der Waals surface area contributed by atoms with Gasteiger partial charge in [0.2, 0.25) is 15.7 Å². The predicted octanol–water partition coefficient (Wildman–Crippen LogP) is 2.74. The normalized spacial score (nSPS) is 14.3. The molecule has 0 aliphatic heterocycles. The smallest absolute Gasteiger partial charge is 0.267 e. The van der Waals surface area contributed by atoms with Crippen molar-refractivity contribution in [1.82, 2.24) is 15.1 Å². The average molecular weight is 436 g/mol. The lowest BCUT2D eigenvalue weighted by Gasteiger charge is -2.13. The maximum absolute atomic E-state index is 12.7. The fraction of sp³-hybridized carbons (Fsp3) is 0.350. The largest absolute Gasteiger partial charge is 0.354 e. The van der Waals surface area contributed by atoms with Crippen LogP contribution in [-0.2, 0) is 21.2 Å². The molecule has 0 saturated carbocycles. The van der Waals surface area contributed by atoms with Crippen LogP contribution >= 0.6 is 11.6 Å². The molecule has 0 spiro atoms. The second-order valence-corrected chi connectivity index (χ2v) is 9.17. The molecule has 1 heterocycles. The van der Waals surface area contributed by atoms with E-state index in [2.05, 4.69) is 16.5 Å². The van der Waals surface area contributed by atoms with Crippen LogP contribution in [0.2, 0.25) is 5.02 Å². The number of amides is 1. The number of halogens is 1. The number of sulfone groups is 1. The molecular weight excluding hydrogens is 414 g/mol. The summed E-state index contributed by atoms with van der Waals surface area (Å²) in [6, 6.07) is 7.87. The standard InChI is InChI=1S/C20H22ClN3O4S/c21-16-6-8-17(9-7-16)29(27,28)19-10-11-20(26)24(23-19)14-18(25)22-13-12-15-4-2-1-3-5-15/h4,6-11H,1-3,5,12-14H2,(H,22,25). The van der Waals surface area contributed by atoms with Gasteiger partial charge in [0.25, 0.3) is 5.56 Å². The van der Waals surface area contributed by atoms with Gasteiger partial charge in [-0.25, -0.2) is 13.1 Å². The number of rotatable bonds is 7. The molecule has 0 saturated heterocycles. The Kier molecular flexibility index (Phi) is 6.87. The summed E-state index contributed by atoms with van der Waals surface area (Å²) in [5.41, 5.74) is 0.785. The van der Waals surface area contributed by atoms with Crippen LogP contribution in [0, 0.1) is 0 Å². The van der Waals surface area contributed by atoms with E-state index in [0.717, 1.165) is 36.1 Å². The van der Waals surface area contributed by atoms with Crippen LogP contribution in [-0.4, -0.2) is 30.7 Å².